The number of hydrogen-bond donors (Lipinski definition) is 0. The molecule has 1 aromatic rings. The van der Waals surface area contributed by atoms with Crippen LogP contribution in [-0.4, -0.2) is 18.2 Å². The summed E-state index contributed by atoms with van der Waals surface area (Å²) in [5.41, 5.74) is 1.15. The Morgan fingerprint density at radius 2 is 1.82 bits per heavy atom. The maximum absolute atomic E-state index is 10.8. The molecule has 17 heavy (non-hydrogen) atoms. The normalized spacial score (nSPS) is 14.1. The SMILES string of the molecule is CC(=O)OC(C)CC(C)OCc1ccccc1. The van der Waals surface area contributed by atoms with Crippen molar-refractivity contribution in [3.63, 3.8) is 0 Å². The molecule has 3 heteroatoms. The summed E-state index contributed by atoms with van der Waals surface area (Å²) in [5, 5.41) is 0. The van der Waals surface area contributed by atoms with E-state index in [1.807, 2.05) is 44.2 Å². The van der Waals surface area contributed by atoms with E-state index in [4.69, 9.17) is 9.47 Å². The predicted molar refractivity (Wildman–Crippen MR) is 66.5 cm³/mol. The van der Waals surface area contributed by atoms with Gasteiger partial charge >= 0.3 is 5.97 Å². The van der Waals surface area contributed by atoms with Gasteiger partial charge in [0, 0.05) is 13.3 Å². The van der Waals surface area contributed by atoms with E-state index in [0.29, 0.717) is 13.0 Å². The van der Waals surface area contributed by atoms with Gasteiger partial charge in [-0.2, -0.15) is 0 Å². The minimum Gasteiger partial charge on any atom is -0.463 e. The molecule has 0 N–H and O–H groups in total. The summed E-state index contributed by atoms with van der Waals surface area (Å²) in [5.74, 6) is -0.243. The largest absolute Gasteiger partial charge is 0.463 e. The summed E-state index contributed by atoms with van der Waals surface area (Å²) in [6.07, 6.45) is 0.690. The Labute approximate surface area is 103 Å². The van der Waals surface area contributed by atoms with Gasteiger partial charge < -0.3 is 9.47 Å². The van der Waals surface area contributed by atoms with Crippen molar-refractivity contribution < 1.29 is 14.3 Å². The molecule has 3 nitrogen and oxygen atoms in total. The zero-order valence-electron chi connectivity index (χ0n) is 10.7. The lowest BCUT2D eigenvalue weighted by Crippen LogP contribution is -2.20. The molecule has 0 aromatic heterocycles. The van der Waals surface area contributed by atoms with Crippen LogP contribution in [0.4, 0.5) is 0 Å². The molecule has 2 atom stereocenters. The number of hydrogen-bond acceptors (Lipinski definition) is 3. The van der Waals surface area contributed by atoms with Crippen molar-refractivity contribution in [1.29, 1.82) is 0 Å². The fourth-order valence-corrected chi connectivity index (χ4v) is 1.68. The second-order valence-corrected chi connectivity index (χ2v) is 4.26. The van der Waals surface area contributed by atoms with Gasteiger partial charge in [0.25, 0.3) is 0 Å². The highest BCUT2D eigenvalue weighted by Crippen LogP contribution is 2.09. The van der Waals surface area contributed by atoms with Crippen LogP contribution in [0.1, 0.15) is 32.8 Å². The second kappa shape index (κ2) is 7.07. The van der Waals surface area contributed by atoms with E-state index >= 15 is 0 Å². The first-order valence-corrected chi connectivity index (χ1v) is 5.90. The third kappa shape index (κ3) is 6.07. The summed E-state index contributed by atoms with van der Waals surface area (Å²) < 4.78 is 10.7. The van der Waals surface area contributed by atoms with Crippen molar-refractivity contribution in [2.75, 3.05) is 0 Å². The highest BCUT2D eigenvalue weighted by atomic mass is 16.5. The summed E-state index contributed by atoms with van der Waals surface area (Å²) in [6.45, 7) is 5.88. The van der Waals surface area contributed by atoms with E-state index in [9.17, 15) is 4.79 Å². The Morgan fingerprint density at radius 3 is 2.41 bits per heavy atom. The van der Waals surface area contributed by atoms with E-state index < -0.39 is 0 Å². The number of esters is 1. The average Bonchev–Trinajstić information content (AvgIpc) is 2.26. The first kappa shape index (κ1) is 13.7. The predicted octanol–water partition coefficient (Wildman–Crippen LogP) is 2.93. The van der Waals surface area contributed by atoms with Crippen LogP contribution in [0.3, 0.4) is 0 Å². The number of rotatable bonds is 6. The van der Waals surface area contributed by atoms with Crippen LogP contribution in [0.15, 0.2) is 30.3 Å². The van der Waals surface area contributed by atoms with Crippen molar-refractivity contribution in [1.82, 2.24) is 0 Å². The number of carbonyl (C=O) groups is 1. The lowest BCUT2D eigenvalue weighted by molar-refractivity contribution is -0.147. The van der Waals surface area contributed by atoms with E-state index in [2.05, 4.69) is 0 Å². The molecule has 0 heterocycles. The molecule has 0 aliphatic carbocycles. The Hall–Kier alpha value is -1.35. The van der Waals surface area contributed by atoms with E-state index in [1.54, 1.807) is 0 Å². The lowest BCUT2D eigenvalue weighted by atomic mass is 10.2. The quantitative estimate of drug-likeness (QED) is 0.712. The minimum atomic E-state index is -0.243. The highest BCUT2D eigenvalue weighted by Gasteiger charge is 2.11. The van der Waals surface area contributed by atoms with Crippen LogP contribution in [0.2, 0.25) is 0 Å². The van der Waals surface area contributed by atoms with Gasteiger partial charge in [-0.25, -0.2) is 0 Å². The number of carbonyl (C=O) groups excluding carboxylic acids is 1. The van der Waals surface area contributed by atoms with Crippen LogP contribution in [0, 0.1) is 0 Å². The zero-order valence-corrected chi connectivity index (χ0v) is 10.7. The molecule has 0 aliphatic heterocycles. The first-order chi connectivity index (χ1) is 8.08. The van der Waals surface area contributed by atoms with Gasteiger partial charge in [-0.1, -0.05) is 30.3 Å². The molecule has 0 bridgehead atoms. The van der Waals surface area contributed by atoms with Gasteiger partial charge in [-0.05, 0) is 19.4 Å². The number of ether oxygens (including phenoxy) is 2. The molecule has 0 aliphatic rings. The van der Waals surface area contributed by atoms with Gasteiger partial charge in [0.1, 0.15) is 6.10 Å². The first-order valence-electron chi connectivity index (χ1n) is 5.90. The molecule has 1 aromatic carbocycles. The highest BCUT2D eigenvalue weighted by molar-refractivity contribution is 5.66. The van der Waals surface area contributed by atoms with E-state index in [-0.39, 0.29) is 18.2 Å². The van der Waals surface area contributed by atoms with Crippen LogP contribution in [0.5, 0.6) is 0 Å². The van der Waals surface area contributed by atoms with Gasteiger partial charge in [0.05, 0.1) is 12.7 Å². The summed E-state index contributed by atoms with van der Waals surface area (Å²) >= 11 is 0. The molecular weight excluding hydrogens is 216 g/mol. The Bertz CT molecular complexity index is 335. The lowest BCUT2D eigenvalue weighted by Gasteiger charge is -2.17. The second-order valence-electron chi connectivity index (χ2n) is 4.26. The molecule has 0 radical (unpaired) electrons. The van der Waals surface area contributed by atoms with Crippen molar-refractivity contribution in [3.05, 3.63) is 35.9 Å². The summed E-state index contributed by atoms with van der Waals surface area (Å²) in [4.78, 5) is 10.8. The average molecular weight is 236 g/mol. The third-order valence-electron chi connectivity index (χ3n) is 2.41. The van der Waals surface area contributed by atoms with Gasteiger partial charge in [0.15, 0.2) is 0 Å². The summed E-state index contributed by atoms with van der Waals surface area (Å²) in [6, 6.07) is 10.0. The molecule has 0 saturated carbocycles. The molecule has 0 amide bonds. The molecule has 0 saturated heterocycles. The van der Waals surface area contributed by atoms with Gasteiger partial charge in [0.2, 0.25) is 0 Å². The monoisotopic (exact) mass is 236 g/mol. The van der Waals surface area contributed by atoms with Crippen LogP contribution < -0.4 is 0 Å². The van der Waals surface area contributed by atoms with Crippen molar-refractivity contribution >= 4 is 5.97 Å². The van der Waals surface area contributed by atoms with Crippen molar-refractivity contribution in [3.8, 4) is 0 Å². The maximum Gasteiger partial charge on any atom is 0.302 e. The maximum atomic E-state index is 10.8. The fraction of sp³-hybridized carbons (Fsp3) is 0.500. The molecular formula is C14H20O3. The van der Waals surface area contributed by atoms with Crippen LogP contribution >= 0.6 is 0 Å². The molecule has 0 fully saturated rings. The van der Waals surface area contributed by atoms with Gasteiger partial charge in [-0.3, -0.25) is 4.79 Å². The van der Waals surface area contributed by atoms with Gasteiger partial charge in [-0.15, -0.1) is 0 Å². The Kier molecular flexibility index (Phi) is 5.70. The third-order valence-corrected chi connectivity index (χ3v) is 2.41. The summed E-state index contributed by atoms with van der Waals surface area (Å²) in [7, 11) is 0. The Balaban J connectivity index is 2.25. The van der Waals surface area contributed by atoms with E-state index in [0.717, 1.165) is 5.56 Å². The van der Waals surface area contributed by atoms with Crippen LogP contribution in [0.25, 0.3) is 0 Å². The molecule has 1 rings (SSSR count). The van der Waals surface area contributed by atoms with E-state index in [1.165, 1.54) is 6.92 Å². The molecule has 0 spiro atoms. The van der Waals surface area contributed by atoms with Crippen molar-refractivity contribution in [2.24, 2.45) is 0 Å². The number of benzene rings is 1. The van der Waals surface area contributed by atoms with Crippen LogP contribution in [-0.2, 0) is 20.9 Å². The zero-order chi connectivity index (χ0) is 12.7. The van der Waals surface area contributed by atoms with Crippen molar-refractivity contribution in [2.45, 2.75) is 46.0 Å². The fourth-order valence-electron chi connectivity index (χ4n) is 1.68. The molecule has 94 valence electrons. The minimum absolute atomic E-state index is 0.0737. The topological polar surface area (TPSA) is 35.5 Å². The smallest absolute Gasteiger partial charge is 0.302 e. The molecule has 2 unspecified atom stereocenters. The Morgan fingerprint density at radius 1 is 1.18 bits per heavy atom. The standard InChI is InChI=1S/C14H20O3/c1-11(9-12(2)17-13(3)15)16-10-14-7-5-4-6-8-14/h4-8,11-12H,9-10H2,1-3H3.